The van der Waals surface area contributed by atoms with Crippen molar-refractivity contribution in [1.82, 2.24) is 0 Å². The molecule has 2 fully saturated rings. The number of amides is 2. The maximum atomic E-state index is 13.2. The fraction of sp³-hybridized carbons (Fsp3) is 0.278. The summed E-state index contributed by atoms with van der Waals surface area (Å²) in [6.45, 7) is 1.95. The number of hydrogen-bond donors (Lipinski definition) is 0. The third kappa shape index (κ3) is 2.68. The number of benzene rings is 2. The summed E-state index contributed by atoms with van der Waals surface area (Å²) in [4.78, 5) is 16.1. The molecule has 2 aliphatic rings. The number of aryl methyl sites for hydroxylation is 1. The van der Waals surface area contributed by atoms with Crippen molar-refractivity contribution >= 4 is 27.2 Å². The molecule has 2 aromatic rings. The number of carbonyl (C=O) groups is 1. The Morgan fingerprint density at radius 3 is 1.80 bits per heavy atom. The normalized spacial score (nSPS) is 24.6. The molecule has 0 saturated carbocycles. The van der Waals surface area contributed by atoms with E-state index in [9.17, 15) is 17.6 Å². The number of urea groups is 1. The number of anilines is 2. The van der Waals surface area contributed by atoms with E-state index in [0.717, 1.165) is 5.56 Å². The van der Waals surface area contributed by atoms with Gasteiger partial charge in [-0.3, -0.25) is 9.80 Å². The highest BCUT2D eigenvalue weighted by Gasteiger charge is 2.54. The average Bonchev–Trinajstić information content (AvgIpc) is 2.99. The van der Waals surface area contributed by atoms with Crippen LogP contribution in [0.25, 0.3) is 0 Å². The highest BCUT2D eigenvalue weighted by Crippen LogP contribution is 2.37. The van der Waals surface area contributed by atoms with Gasteiger partial charge in [0.05, 0.1) is 23.6 Å². The van der Waals surface area contributed by atoms with Crippen LogP contribution in [0.1, 0.15) is 5.56 Å². The van der Waals surface area contributed by atoms with Gasteiger partial charge in [0.2, 0.25) is 0 Å². The first-order chi connectivity index (χ1) is 11.9. The number of carbonyl (C=O) groups excluding carboxylic acids is 1. The van der Waals surface area contributed by atoms with Gasteiger partial charge >= 0.3 is 6.03 Å². The van der Waals surface area contributed by atoms with E-state index in [1.165, 1.54) is 29.2 Å². The molecule has 25 heavy (non-hydrogen) atoms. The number of hydrogen-bond acceptors (Lipinski definition) is 3. The van der Waals surface area contributed by atoms with Gasteiger partial charge in [-0.2, -0.15) is 0 Å². The molecule has 0 N–H and O–H groups in total. The van der Waals surface area contributed by atoms with Crippen molar-refractivity contribution in [3.05, 3.63) is 59.9 Å². The predicted molar refractivity (Wildman–Crippen MR) is 94.2 cm³/mol. The second-order valence-electron chi connectivity index (χ2n) is 6.55. The van der Waals surface area contributed by atoms with Crippen LogP contribution >= 0.6 is 0 Å². The summed E-state index contributed by atoms with van der Waals surface area (Å²) in [7, 11) is -3.24. The Bertz CT molecular complexity index is 856. The fourth-order valence-corrected chi connectivity index (χ4v) is 5.53. The van der Waals surface area contributed by atoms with Crippen LogP contribution < -0.4 is 9.80 Å². The van der Waals surface area contributed by atoms with Gasteiger partial charge in [0, 0.05) is 11.4 Å². The Kier molecular flexibility index (Phi) is 3.57. The Hall–Kier alpha value is -2.41. The zero-order valence-corrected chi connectivity index (χ0v) is 14.4. The lowest BCUT2D eigenvalue weighted by Crippen LogP contribution is -2.37. The molecule has 0 radical (unpaired) electrons. The summed E-state index contributed by atoms with van der Waals surface area (Å²) in [6.07, 6.45) is 0. The van der Waals surface area contributed by atoms with Crippen molar-refractivity contribution in [3.8, 4) is 0 Å². The Labute approximate surface area is 145 Å². The molecule has 7 heteroatoms. The minimum Gasteiger partial charge on any atom is -0.288 e. The lowest BCUT2D eigenvalue weighted by atomic mass is 10.1. The Morgan fingerprint density at radius 2 is 1.32 bits per heavy atom. The first-order valence-electron chi connectivity index (χ1n) is 8.01. The van der Waals surface area contributed by atoms with Crippen LogP contribution in [0.15, 0.2) is 48.5 Å². The van der Waals surface area contributed by atoms with Crippen LogP contribution in [0.2, 0.25) is 0 Å². The predicted octanol–water partition coefficient (Wildman–Crippen LogP) is 2.75. The summed E-state index contributed by atoms with van der Waals surface area (Å²) in [6, 6.07) is 11.8. The molecule has 2 unspecified atom stereocenters. The molecule has 0 bridgehead atoms. The molecule has 4 rings (SSSR count). The van der Waals surface area contributed by atoms with Crippen molar-refractivity contribution in [2.75, 3.05) is 21.3 Å². The lowest BCUT2D eigenvalue weighted by molar-refractivity contribution is 0.255. The monoisotopic (exact) mass is 360 g/mol. The van der Waals surface area contributed by atoms with Gasteiger partial charge in [-0.25, -0.2) is 17.6 Å². The first kappa shape index (κ1) is 16.1. The molecule has 130 valence electrons. The van der Waals surface area contributed by atoms with E-state index >= 15 is 0 Å². The first-order valence-corrected chi connectivity index (χ1v) is 9.83. The van der Waals surface area contributed by atoms with E-state index in [0.29, 0.717) is 11.4 Å². The molecule has 2 amide bonds. The third-order valence-corrected chi connectivity index (χ3v) is 6.48. The number of nitrogens with zero attached hydrogens (tertiary/aromatic N) is 2. The molecule has 2 heterocycles. The summed E-state index contributed by atoms with van der Waals surface area (Å²) >= 11 is 0. The van der Waals surface area contributed by atoms with E-state index in [1.807, 2.05) is 31.2 Å². The van der Waals surface area contributed by atoms with Gasteiger partial charge in [0.1, 0.15) is 5.82 Å². The topological polar surface area (TPSA) is 57.7 Å². The maximum Gasteiger partial charge on any atom is 0.329 e. The molecule has 2 saturated heterocycles. The minimum absolute atomic E-state index is 0.0605. The smallest absolute Gasteiger partial charge is 0.288 e. The molecule has 5 nitrogen and oxygen atoms in total. The van der Waals surface area contributed by atoms with E-state index in [-0.39, 0.29) is 17.5 Å². The molecular formula is C18H17FN2O3S. The molecule has 2 atom stereocenters. The van der Waals surface area contributed by atoms with Crippen molar-refractivity contribution < 1.29 is 17.6 Å². The molecule has 0 aromatic heterocycles. The second kappa shape index (κ2) is 5.56. The zero-order chi connectivity index (χ0) is 17.8. The number of fused-ring (bicyclic) bond motifs is 1. The van der Waals surface area contributed by atoms with Crippen molar-refractivity contribution in [1.29, 1.82) is 0 Å². The van der Waals surface area contributed by atoms with Crippen molar-refractivity contribution in [2.24, 2.45) is 0 Å². The van der Waals surface area contributed by atoms with Gasteiger partial charge in [0.25, 0.3) is 0 Å². The summed E-state index contributed by atoms with van der Waals surface area (Å²) < 4.78 is 37.6. The fourth-order valence-electron chi connectivity index (χ4n) is 3.61. The SMILES string of the molecule is Cc1ccc(N2C(=O)N(c3ccc(F)cc3)C3CS(=O)(=O)CC32)cc1. The summed E-state index contributed by atoms with van der Waals surface area (Å²) in [5.41, 5.74) is 2.24. The number of halogens is 1. The maximum absolute atomic E-state index is 13.2. The molecule has 2 aromatic carbocycles. The summed E-state index contributed by atoms with van der Waals surface area (Å²) in [5.74, 6) is -0.542. The van der Waals surface area contributed by atoms with Gasteiger partial charge in [-0.1, -0.05) is 17.7 Å². The zero-order valence-electron chi connectivity index (χ0n) is 13.6. The highest BCUT2D eigenvalue weighted by atomic mass is 32.2. The quantitative estimate of drug-likeness (QED) is 0.774. The standard InChI is InChI=1S/C18H17FN2O3S/c1-12-2-6-14(7-3-12)20-16-10-25(23,24)11-17(16)21(18(20)22)15-8-4-13(19)5-9-15/h2-9,16-17H,10-11H2,1H3. The van der Waals surface area contributed by atoms with Crippen LogP contribution in [0, 0.1) is 12.7 Å². The third-order valence-electron chi connectivity index (χ3n) is 4.79. The Morgan fingerprint density at radius 1 is 0.880 bits per heavy atom. The minimum atomic E-state index is -3.24. The van der Waals surface area contributed by atoms with Crippen molar-refractivity contribution in [2.45, 2.75) is 19.0 Å². The van der Waals surface area contributed by atoms with Crippen LogP contribution in [-0.2, 0) is 9.84 Å². The van der Waals surface area contributed by atoms with Crippen LogP contribution in [0.5, 0.6) is 0 Å². The van der Waals surface area contributed by atoms with Crippen LogP contribution in [-0.4, -0.2) is 38.0 Å². The molecule has 2 aliphatic heterocycles. The van der Waals surface area contributed by atoms with Gasteiger partial charge in [-0.15, -0.1) is 0 Å². The van der Waals surface area contributed by atoms with Crippen molar-refractivity contribution in [3.63, 3.8) is 0 Å². The van der Waals surface area contributed by atoms with Crippen LogP contribution in [0.3, 0.4) is 0 Å². The van der Waals surface area contributed by atoms with Crippen LogP contribution in [0.4, 0.5) is 20.6 Å². The van der Waals surface area contributed by atoms with Gasteiger partial charge < -0.3 is 0 Å². The van der Waals surface area contributed by atoms with E-state index in [1.54, 1.807) is 4.90 Å². The Balaban J connectivity index is 1.79. The van der Waals surface area contributed by atoms with Gasteiger partial charge in [-0.05, 0) is 43.3 Å². The number of sulfone groups is 1. The number of rotatable bonds is 2. The molecule has 0 spiro atoms. The lowest BCUT2D eigenvalue weighted by Gasteiger charge is -2.22. The second-order valence-corrected chi connectivity index (χ2v) is 8.70. The van der Waals surface area contributed by atoms with E-state index in [2.05, 4.69) is 0 Å². The van der Waals surface area contributed by atoms with Gasteiger partial charge in [0.15, 0.2) is 9.84 Å². The average molecular weight is 360 g/mol. The summed E-state index contributed by atoms with van der Waals surface area (Å²) in [5, 5.41) is 0. The largest absolute Gasteiger partial charge is 0.329 e. The highest BCUT2D eigenvalue weighted by molar-refractivity contribution is 7.91. The van der Waals surface area contributed by atoms with E-state index in [4.69, 9.17) is 0 Å². The molecule has 0 aliphatic carbocycles. The van der Waals surface area contributed by atoms with E-state index < -0.39 is 27.7 Å². The molecular weight excluding hydrogens is 343 g/mol.